The van der Waals surface area contributed by atoms with E-state index >= 15 is 0 Å². The van der Waals surface area contributed by atoms with Gasteiger partial charge in [0.15, 0.2) is 6.10 Å². The molecular weight excluding hydrogens is 202 g/mol. The zero-order chi connectivity index (χ0) is 10.6. The predicted octanol–water partition coefficient (Wildman–Crippen LogP) is 2.56. The van der Waals surface area contributed by atoms with E-state index in [4.69, 9.17) is 26.3 Å². The third-order valence-electron chi connectivity index (χ3n) is 1.85. The molecule has 14 heavy (non-hydrogen) atoms. The van der Waals surface area contributed by atoms with Gasteiger partial charge in [0.25, 0.3) is 0 Å². The summed E-state index contributed by atoms with van der Waals surface area (Å²) in [6.45, 7) is 0. The van der Waals surface area contributed by atoms with Crippen LogP contribution in [0.2, 0.25) is 5.02 Å². The summed E-state index contributed by atoms with van der Waals surface area (Å²) in [7, 11) is 2.98. The van der Waals surface area contributed by atoms with Crippen LogP contribution in [-0.4, -0.2) is 14.2 Å². The number of nitriles is 1. The van der Waals surface area contributed by atoms with Gasteiger partial charge in [0.1, 0.15) is 5.75 Å². The lowest BCUT2D eigenvalue weighted by Crippen LogP contribution is -2.02. The van der Waals surface area contributed by atoms with E-state index in [2.05, 4.69) is 0 Å². The van der Waals surface area contributed by atoms with Gasteiger partial charge < -0.3 is 9.47 Å². The van der Waals surface area contributed by atoms with Crippen LogP contribution in [0.3, 0.4) is 0 Å². The van der Waals surface area contributed by atoms with Crippen LogP contribution in [-0.2, 0) is 4.74 Å². The fraction of sp³-hybridized carbons (Fsp3) is 0.300. The maximum atomic E-state index is 8.83. The van der Waals surface area contributed by atoms with Crippen LogP contribution >= 0.6 is 11.6 Å². The number of rotatable bonds is 3. The zero-order valence-corrected chi connectivity index (χ0v) is 8.71. The Morgan fingerprint density at radius 2 is 2.14 bits per heavy atom. The van der Waals surface area contributed by atoms with Gasteiger partial charge in [-0.05, 0) is 12.1 Å². The van der Waals surface area contributed by atoms with E-state index in [1.165, 1.54) is 14.2 Å². The van der Waals surface area contributed by atoms with Gasteiger partial charge in [0, 0.05) is 7.11 Å². The van der Waals surface area contributed by atoms with Crippen LogP contribution in [0.4, 0.5) is 0 Å². The topological polar surface area (TPSA) is 42.2 Å². The first kappa shape index (κ1) is 10.8. The Balaban J connectivity index is 3.23. The summed E-state index contributed by atoms with van der Waals surface area (Å²) in [6.07, 6.45) is -0.696. The Morgan fingerprint density at radius 3 is 2.64 bits per heavy atom. The number of benzene rings is 1. The second kappa shape index (κ2) is 4.85. The van der Waals surface area contributed by atoms with Crippen molar-refractivity contribution in [3.8, 4) is 11.8 Å². The molecule has 0 spiro atoms. The number of hydrogen-bond donors (Lipinski definition) is 0. The van der Waals surface area contributed by atoms with E-state index < -0.39 is 6.10 Å². The normalized spacial score (nSPS) is 11.9. The highest BCUT2D eigenvalue weighted by Gasteiger charge is 2.17. The summed E-state index contributed by atoms with van der Waals surface area (Å²) >= 11 is 5.95. The molecule has 1 unspecified atom stereocenters. The summed E-state index contributed by atoms with van der Waals surface area (Å²) in [5.74, 6) is 0.561. The first-order valence-electron chi connectivity index (χ1n) is 3.99. The molecule has 4 heteroatoms. The summed E-state index contributed by atoms with van der Waals surface area (Å²) in [6, 6.07) is 7.19. The second-order valence-corrected chi connectivity index (χ2v) is 3.01. The molecule has 1 rings (SSSR count). The van der Waals surface area contributed by atoms with Crippen LogP contribution in [0.15, 0.2) is 18.2 Å². The monoisotopic (exact) mass is 211 g/mol. The van der Waals surface area contributed by atoms with Crippen LogP contribution in [0.25, 0.3) is 0 Å². The molecule has 3 nitrogen and oxygen atoms in total. The SMILES string of the molecule is COc1cccc(Cl)c1C(C#N)OC. The average molecular weight is 212 g/mol. The van der Waals surface area contributed by atoms with E-state index in [0.717, 1.165) is 0 Å². The van der Waals surface area contributed by atoms with Gasteiger partial charge in [-0.3, -0.25) is 0 Å². The fourth-order valence-electron chi connectivity index (χ4n) is 1.18. The lowest BCUT2D eigenvalue weighted by Gasteiger charge is -2.13. The molecule has 0 N–H and O–H groups in total. The Morgan fingerprint density at radius 1 is 1.43 bits per heavy atom. The van der Waals surface area contributed by atoms with Crippen LogP contribution in [0.5, 0.6) is 5.75 Å². The summed E-state index contributed by atoms with van der Waals surface area (Å²) in [5.41, 5.74) is 0.571. The third kappa shape index (κ3) is 1.98. The van der Waals surface area contributed by atoms with Gasteiger partial charge >= 0.3 is 0 Å². The molecule has 0 aromatic heterocycles. The molecule has 1 aromatic carbocycles. The minimum atomic E-state index is -0.696. The maximum absolute atomic E-state index is 8.83. The average Bonchev–Trinajstić information content (AvgIpc) is 2.22. The predicted molar refractivity (Wildman–Crippen MR) is 53.4 cm³/mol. The number of ether oxygens (including phenoxy) is 2. The molecule has 1 aromatic rings. The highest BCUT2D eigenvalue weighted by molar-refractivity contribution is 6.31. The Labute approximate surface area is 87.8 Å². The molecule has 74 valence electrons. The summed E-state index contributed by atoms with van der Waals surface area (Å²) < 4.78 is 10.1. The quantitative estimate of drug-likeness (QED) is 0.772. The number of halogens is 1. The molecule has 0 bridgehead atoms. The molecule has 0 aliphatic heterocycles. The Bertz CT molecular complexity index is 360. The molecule has 0 saturated heterocycles. The van der Waals surface area contributed by atoms with Crippen LogP contribution in [0, 0.1) is 11.3 Å². The third-order valence-corrected chi connectivity index (χ3v) is 2.18. The van der Waals surface area contributed by atoms with Gasteiger partial charge in [-0.15, -0.1) is 0 Å². The second-order valence-electron chi connectivity index (χ2n) is 2.60. The van der Waals surface area contributed by atoms with Crippen molar-refractivity contribution in [3.05, 3.63) is 28.8 Å². The van der Waals surface area contributed by atoms with Crippen molar-refractivity contribution in [2.24, 2.45) is 0 Å². The first-order valence-corrected chi connectivity index (χ1v) is 4.37. The molecule has 0 aliphatic rings. The van der Waals surface area contributed by atoms with Crippen molar-refractivity contribution in [1.29, 1.82) is 5.26 Å². The maximum Gasteiger partial charge on any atom is 0.173 e. The van der Waals surface area contributed by atoms with Crippen molar-refractivity contribution in [2.45, 2.75) is 6.10 Å². The Kier molecular flexibility index (Phi) is 3.75. The van der Waals surface area contributed by atoms with Crippen LogP contribution < -0.4 is 4.74 Å². The van der Waals surface area contributed by atoms with E-state index in [1.807, 2.05) is 6.07 Å². The number of methoxy groups -OCH3 is 2. The van der Waals surface area contributed by atoms with E-state index in [0.29, 0.717) is 16.3 Å². The van der Waals surface area contributed by atoms with Crippen molar-refractivity contribution >= 4 is 11.6 Å². The number of hydrogen-bond acceptors (Lipinski definition) is 3. The first-order chi connectivity index (χ1) is 6.74. The summed E-state index contributed by atoms with van der Waals surface area (Å²) in [4.78, 5) is 0. The molecule has 1 atom stereocenters. The molecule has 0 amide bonds. The molecular formula is C10H10ClNO2. The van der Waals surface area contributed by atoms with Gasteiger partial charge in [0.2, 0.25) is 0 Å². The smallest absolute Gasteiger partial charge is 0.173 e. The highest BCUT2D eigenvalue weighted by atomic mass is 35.5. The van der Waals surface area contributed by atoms with Gasteiger partial charge in [0.05, 0.1) is 23.8 Å². The van der Waals surface area contributed by atoms with Gasteiger partial charge in [-0.1, -0.05) is 17.7 Å². The number of nitrogens with zero attached hydrogens (tertiary/aromatic N) is 1. The van der Waals surface area contributed by atoms with Crippen molar-refractivity contribution in [1.82, 2.24) is 0 Å². The van der Waals surface area contributed by atoms with Crippen LogP contribution in [0.1, 0.15) is 11.7 Å². The van der Waals surface area contributed by atoms with Gasteiger partial charge in [-0.2, -0.15) is 5.26 Å². The largest absolute Gasteiger partial charge is 0.496 e. The van der Waals surface area contributed by atoms with E-state index in [1.54, 1.807) is 18.2 Å². The Hall–Kier alpha value is -1.24. The van der Waals surface area contributed by atoms with Crippen molar-refractivity contribution < 1.29 is 9.47 Å². The van der Waals surface area contributed by atoms with E-state index in [-0.39, 0.29) is 0 Å². The minimum Gasteiger partial charge on any atom is -0.496 e. The highest BCUT2D eigenvalue weighted by Crippen LogP contribution is 2.33. The summed E-state index contributed by atoms with van der Waals surface area (Å²) in [5, 5.41) is 9.30. The molecule has 0 aliphatic carbocycles. The van der Waals surface area contributed by atoms with Crippen molar-refractivity contribution in [2.75, 3.05) is 14.2 Å². The minimum absolute atomic E-state index is 0.470. The molecule has 0 saturated carbocycles. The molecule has 0 heterocycles. The standard InChI is InChI=1S/C10H10ClNO2/c1-13-8-5-3-4-7(11)10(8)9(6-12)14-2/h3-5,9H,1-2H3. The van der Waals surface area contributed by atoms with Gasteiger partial charge in [-0.25, -0.2) is 0 Å². The zero-order valence-electron chi connectivity index (χ0n) is 7.95. The van der Waals surface area contributed by atoms with E-state index in [9.17, 15) is 0 Å². The van der Waals surface area contributed by atoms with Crippen molar-refractivity contribution in [3.63, 3.8) is 0 Å². The molecule has 0 fully saturated rings. The fourth-order valence-corrected chi connectivity index (χ4v) is 1.45. The lowest BCUT2D eigenvalue weighted by molar-refractivity contribution is 0.146. The molecule has 0 radical (unpaired) electrons. The lowest BCUT2D eigenvalue weighted by atomic mass is 10.1.